The molecule has 5 heteroatoms. The molecule has 1 amide bonds. The molecule has 1 aromatic heterocycles. The van der Waals surface area contributed by atoms with E-state index in [1.165, 1.54) is 12.8 Å². The fourth-order valence-corrected chi connectivity index (χ4v) is 3.28. The van der Waals surface area contributed by atoms with Crippen molar-refractivity contribution in [1.29, 1.82) is 0 Å². The summed E-state index contributed by atoms with van der Waals surface area (Å²) in [4.78, 5) is 11.9. The Kier molecular flexibility index (Phi) is 3.07. The standard InChI is InChI=1S/C13H20N4O/c1-17-5-4-12(16-17)15-13(18)8-9-6-10-2-3-11(7-9)14-10/h4-5,9-11,14H,2-3,6-8H2,1H3,(H,15,16,18). The van der Waals surface area contributed by atoms with Crippen LogP contribution in [0.25, 0.3) is 0 Å². The molecular weight excluding hydrogens is 228 g/mol. The van der Waals surface area contributed by atoms with E-state index in [1.54, 1.807) is 4.68 Å². The van der Waals surface area contributed by atoms with Gasteiger partial charge in [0.2, 0.25) is 5.91 Å². The number of anilines is 1. The molecule has 1 aromatic rings. The Morgan fingerprint density at radius 3 is 2.83 bits per heavy atom. The number of aromatic nitrogens is 2. The summed E-state index contributed by atoms with van der Waals surface area (Å²) in [5.74, 6) is 1.28. The van der Waals surface area contributed by atoms with E-state index in [2.05, 4.69) is 15.7 Å². The lowest BCUT2D eigenvalue weighted by Crippen LogP contribution is -2.39. The van der Waals surface area contributed by atoms with Gasteiger partial charge < -0.3 is 10.6 Å². The van der Waals surface area contributed by atoms with Crippen molar-refractivity contribution >= 4 is 11.7 Å². The highest BCUT2D eigenvalue weighted by molar-refractivity contribution is 5.89. The summed E-state index contributed by atoms with van der Waals surface area (Å²) in [6.45, 7) is 0. The van der Waals surface area contributed by atoms with Crippen LogP contribution in [0.1, 0.15) is 32.1 Å². The lowest BCUT2D eigenvalue weighted by atomic mass is 9.89. The van der Waals surface area contributed by atoms with Gasteiger partial charge in [0.25, 0.3) is 0 Å². The maximum absolute atomic E-state index is 11.9. The van der Waals surface area contributed by atoms with Crippen LogP contribution < -0.4 is 10.6 Å². The first kappa shape index (κ1) is 11.7. The number of carbonyl (C=O) groups is 1. The van der Waals surface area contributed by atoms with E-state index in [-0.39, 0.29) is 5.91 Å². The zero-order chi connectivity index (χ0) is 12.5. The summed E-state index contributed by atoms with van der Waals surface area (Å²) >= 11 is 0. The summed E-state index contributed by atoms with van der Waals surface area (Å²) in [5, 5.41) is 10.6. The van der Waals surface area contributed by atoms with E-state index in [0.717, 1.165) is 12.8 Å². The number of aryl methyl sites for hydroxylation is 1. The Labute approximate surface area is 107 Å². The summed E-state index contributed by atoms with van der Waals surface area (Å²) in [5.41, 5.74) is 0. The SMILES string of the molecule is Cn1ccc(NC(=O)CC2CC3CCC(C2)N3)n1. The molecular formula is C13H20N4O. The van der Waals surface area contributed by atoms with Gasteiger partial charge in [-0.05, 0) is 31.6 Å². The second-order valence-electron chi connectivity index (χ2n) is 5.60. The van der Waals surface area contributed by atoms with Gasteiger partial charge in [0, 0.05) is 37.8 Å². The molecule has 2 aliphatic heterocycles. The van der Waals surface area contributed by atoms with Crippen molar-refractivity contribution in [1.82, 2.24) is 15.1 Å². The van der Waals surface area contributed by atoms with Crippen molar-refractivity contribution in [2.45, 2.75) is 44.2 Å². The molecule has 5 nitrogen and oxygen atoms in total. The zero-order valence-corrected chi connectivity index (χ0v) is 10.7. The van der Waals surface area contributed by atoms with Gasteiger partial charge in [0.15, 0.2) is 5.82 Å². The lowest BCUT2D eigenvalue weighted by molar-refractivity contribution is -0.117. The molecule has 2 bridgehead atoms. The predicted molar refractivity (Wildman–Crippen MR) is 69.1 cm³/mol. The molecule has 2 saturated heterocycles. The van der Waals surface area contributed by atoms with E-state index in [9.17, 15) is 4.79 Å². The molecule has 2 atom stereocenters. The molecule has 18 heavy (non-hydrogen) atoms. The van der Waals surface area contributed by atoms with Gasteiger partial charge in [-0.25, -0.2) is 0 Å². The van der Waals surface area contributed by atoms with Crippen LogP contribution in [0.15, 0.2) is 12.3 Å². The molecule has 3 rings (SSSR count). The fraction of sp³-hybridized carbons (Fsp3) is 0.692. The van der Waals surface area contributed by atoms with Crippen molar-refractivity contribution in [2.75, 3.05) is 5.32 Å². The van der Waals surface area contributed by atoms with E-state index >= 15 is 0 Å². The highest BCUT2D eigenvalue weighted by Gasteiger charge is 2.34. The molecule has 0 saturated carbocycles. The van der Waals surface area contributed by atoms with Gasteiger partial charge in [-0.15, -0.1) is 0 Å². The van der Waals surface area contributed by atoms with Crippen LogP contribution >= 0.6 is 0 Å². The number of rotatable bonds is 3. The van der Waals surface area contributed by atoms with Gasteiger partial charge >= 0.3 is 0 Å². The van der Waals surface area contributed by atoms with Gasteiger partial charge in [-0.2, -0.15) is 5.10 Å². The Bertz CT molecular complexity index is 430. The van der Waals surface area contributed by atoms with E-state index in [1.807, 2.05) is 19.3 Å². The number of hydrogen-bond donors (Lipinski definition) is 2. The monoisotopic (exact) mass is 248 g/mol. The Balaban J connectivity index is 1.52. The summed E-state index contributed by atoms with van der Waals surface area (Å²) in [6, 6.07) is 3.12. The van der Waals surface area contributed by atoms with E-state index in [0.29, 0.717) is 30.2 Å². The Hall–Kier alpha value is -1.36. The van der Waals surface area contributed by atoms with E-state index < -0.39 is 0 Å². The number of nitrogens with zero attached hydrogens (tertiary/aromatic N) is 2. The van der Waals surface area contributed by atoms with Crippen LogP contribution in [-0.2, 0) is 11.8 Å². The quantitative estimate of drug-likeness (QED) is 0.847. The Morgan fingerprint density at radius 2 is 2.22 bits per heavy atom. The van der Waals surface area contributed by atoms with E-state index in [4.69, 9.17) is 0 Å². The topological polar surface area (TPSA) is 59.0 Å². The summed E-state index contributed by atoms with van der Waals surface area (Å²) < 4.78 is 1.69. The highest BCUT2D eigenvalue weighted by Crippen LogP contribution is 2.32. The molecule has 2 fully saturated rings. The average Bonchev–Trinajstić information content (AvgIpc) is 2.85. The Morgan fingerprint density at radius 1 is 1.50 bits per heavy atom. The molecule has 2 unspecified atom stereocenters. The minimum atomic E-state index is 0.0972. The number of nitrogens with one attached hydrogen (secondary N) is 2. The first-order valence-electron chi connectivity index (χ1n) is 6.74. The van der Waals surface area contributed by atoms with Crippen molar-refractivity contribution in [2.24, 2.45) is 13.0 Å². The number of piperidine rings is 1. The predicted octanol–water partition coefficient (Wildman–Crippen LogP) is 1.28. The number of carbonyl (C=O) groups excluding carboxylic acids is 1. The van der Waals surface area contributed by atoms with Crippen LogP contribution in [0.2, 0.25) is 0 Å². The normalized spacial score (nSPS) is 30.4. The fourth-order valence-electron chi connectivity index (χ4n) is 3.28. The average molecular weight is 248 g/mol. The van der Waals surface area contributed by atoms with Crippen LogP contribution in [-0.4, -0.2) is 27.8 Å². The molecule has 0 aliphatic carbocycles. The highest BCUT2D eigenvalue weighted by atomic mass is 16.1. The van der Waals surface area contributed by atoms with Gasteiger partial charge in [0.05, 0.1) is 0 Å². The minimum absolute atomic E-state index is 0.0972. The lowest BCUT2D eigenvalue weighted by Gasteiger charge is -2.28. The molecule has 0 spiro atoms. The smallest absolute Gasteiger partial charge is 0.225 e. The van der Waals surface area contributed by atoms with Gasteiger partial charge in [-0.3, -0.25) is 9.48 Å². The van der Waals surface area contributed by atoms with Crippen molar-refractivity contribution in [3.63, 3.8) is 0 Å². The molecule has 0 aromatic carbocycles. The summed E-state index contributed by atoms with van der Waals surface area (Å²) in [7, 11) is 1.85. The second-order valence-corrected chi connectivity index (χ2v) is 5.60. The zero-order valence-electron chi connectivity index (χ0n) is 10.7. The van der Waals surface area contributed by atoms with Crippen LogP contribution in [0.4, 0.5) is 5.82 Å². The second kappa shape index (κ2) is 4.72. The van der Waals surface area contributed by atoms with Crippen LogP contribution in [0.5, 0.6) is 0 Å². The van der Waals surface area contributed by atoms with Crippen LogP contribution in [0, 0.1) is 5.92 Å². The van der Waals surface area contributed by atoms with Crippen molar-refractivity contribution < 1.29 is 4.79 Å². The maximum atomic E-state index is 11.9. The minimum Gasteiger partial charge on any atom is -0.311 e. The van der Waals surface area contributed by atoms with Gasteiger partial charge in [-0.1, -0.05) is 0 Å². The first-order chi connectivity index (χ1) is 8.69. The molecule has 2 N–H and O–H groups in total. The first-order valence-corrected chi connectivity index (χ1v) is 6.74. The maximum Gasteiger partial charge on any atom is 0.225 e. The number of hydrogen-bond acceptors (Lipinski definition) is 3. The van der Waals surface area contributed by atoms with Crippen molar-refractivity contribution in [3.8, 4) is 0 Å². The van der Waals surface area contributed by atoms with Crippen LogP contribution in [0.3, 0.4) is 0 Å². The largest absolute Gasteiger partial charge is 0.311 e. The third kappa shape index (κ3) is 2.56. The number of amides is 1. The molecule has 0 radical (unpaired) electrons. The third-order valence-electron chi connectivity index (χ3n) is 4.03. The number of fused-ring (bicyclic) bond motifs is 2. The molecule has 2 aliphatic rings. The van der Waals surface area contributed by atoms with Gasteiger partial charge in [0.1, 0.15) is 0 Å². The van der Waals surface area contributed by atoms with Crippen molar-refractivity contribution in [3.05, 3.63) is 12.3 Å². The molecule has 98 valence electrons. The molecule has 3 heterocycles. The third-order valence-corrected chi connectivity index (χ3v) is 4.03. The summed E-state index contributed by atoms with van der Waals surface area (Å²) in [6.07, 6.45) is 7.32.